The maximum absolute atomic E-state index is 14.1. The van der Waals surface area contributed by atoms with Crippen LogP contribution in [-0.4, -0.2) is 38.7 Å². The molecule has 4 rings (SSSR count). The van der Waals surface area contributed by atoms with Crippen LogP contribution in [0.15, 0.2) is 41.2 Å². The Morgan fingerprint density at radius 2 is 1.94 bits per heavy atom. The van der Waals surface area contributed by atoms with Gasteiger partial charge >= 0.3 is 0 Å². The van der Waals surface area contributed by atoms with Crippen LogP contribution < -0.4 is 5.32 Å². The smallest absolute Gasteiger partial charge is 0.255 e. The average molecular weight is 429 g/mol. The molecule has 31 heavy (non-hydrogen) atoms. The number of nitrogens with zero attached hydrogens (tertiary/aromatic N) is 4. The van der Waals surface area contributed by atoms with Gasteiger partial charge in [0.25, 0.3) is 5.91 Å². The number of furan rings is 1. The van der Waals surface area contributed by atoms with Crippen molar-refractivity contribution < 1.29 is 18.0 Å². The molecule has 164 valence electrons. The van der Waals surface area contributed by atoms with Gasteiger partial charge in [-0.15, -0.1) is 10.2 Å². The average Bonchev–Trinajstić information content (AvgIpc) is 3.36. The number of amides is 1. The van der Waals surface area contributed by atoms with E-state index >= 15 is 0 Å². The van der Waals surface area contributed by atoms with Gasteiger partial charge in [0.05, 0.1) is 17.9 Å². The highest BCUT2D eigenvalue weighted by Crippen LogP contribution is 2.24. The zero-order valence-corrected chi connectivity index (χ0v) is 17.5. The summed E-state index contributed by atoms with van der Waals surface area (Å²) >= 11 is 0. The van der Waals surface area contributed by atoms with Gasteiger partial charge in [0.1, 0.15) is 23.7 Å². The minimum atomic E-state index is -0.536. The van der Waals surface area contributed by atoms with E-state index in [2.05, 4.69) is 15.5 Å². The summed E-state index contributed by atoms with van der Waals surface area (Å²) in [5, 5.41) is 11.7. The quantitative estimate of drug-likeness (QED) is 0.651. The highest BCUT2D eigenvalue weighted by Gasteiger charge is 2.28. The number of benzene rings is 1. The first-order chi connectivity index (χ1) is 14.9. The van der Waals surface area contributed by atoms with Gasteiger partial charge < -0.3 is 14.3 Å². The van der Waals surface area contributed by atoms with E-state index in [1.807, 2.05) is 23.3 Å². The summed E-state index contributed by atoms with van der Waals surface area (Å²) in [4.78, 5) is 14.6. The van der Waals surface area contributed by atoms with E-state index in [1.54, 1.807) is 6.07 Å². The van der Waals surface area contributed by atoms with Crippen LogP contribution in [0.25, 0.3) is 0 Å². The lowest BCUT2D eigenvalue weighted by Gasteiger charge is -2.23. The predicted octanol–water partition coefficient (Wildman–Crippen LogP) is 3.33. The fraction of sp³-hybridized carbons (Fsp3) is 0.409. The third-order valence-electron chi connectivity index (χ3n) is 5.61. The lowest BCUT2D eigenvalue weighted by molar-refractivity contribution is 0.0921. The number of hydrogen-bond donors (Lipinski definition) is 1. The normalized spacial score (nSPS) is 15.5. The van der Waals surface area contributed by atoms with Gasteiger partial charge in [0.2, 0.25) is 0 Å². The number of rotatable bonds is 6. The monoisotopic (exact) mass is 429 g/mol. The van der Waals surface area contributed by atoms with Gasteiger partial charge in [-0.05, 0) is 24.1 Å². The molecule has 3 heterocycles. The molecule has 2 aromatic heterocycles. The summed E-state index contributed by atoms with van der Waals surface area (Å²) in [7, 11) is 0. The SMILES string of the molecule is CC(C)[C@@H](NC(=O)c1ccoc1)c1nnc2n1CCN(Cc1c(F)cccc1F)CC2. The summed E-state index contributed by atoms with van der Waals surface area (Å²) < 4.78 is 35.1. The van der Waals surface area contributed by atoms with Crippen LogP contribution in [0, 0.1) is 17.6 Å². The molecule has 0 aliphatic carbocycles. The Bertz CT molecular complexity index is 1030. The Morgan fingerprint density at radius 3 is 2.61 bits per heavy atom. The van der Waals surface area contributed by atoms with Crippen LogP contribution in [0.3, 0.4) is 0 Å². The molecule has 0 saturated carbocycles. The molecule has 1 aromatic carbocycles. The van der Waals surface area contributed by atoms with Gasteiger partial charge in [-0.25, -0.2) is 8.78 Å². The Morgan fingerprint density at radius 1 is 1.16 bits per heavy atom. The lowest BCUT2D eigenvalue weighted by Crippen LogP contribution is -2.34. The van der Waals surface area contributed by atoms with Gasteiger partial charge in [0.15, 0.2) is 5.82 Å². The number of aromatic nitrogens is 3. The molecular weight excluding hydrogens is 404 g/mol. The summed E-state index contributed by atoms with van der Waals surface area (Å²) in [5.41, 5.74) is 0.521. The van der Waals surface area contributed by atoms with Gasteiger partial charge in [-0.2, -0.15) is 0 Å². The van der Waals surface area contributed by atoms with Crippen LogP contribution in [0.2, 0.25) is 0 Å². The van der Waals surface area contributed by atoms with Crippen molar-refractivity contribution in [3.63, 3.8) is 0 Å². The van der Waals surface area contributed by atoms with Crippen molar-refractivity contribution >= 4 is 5.91 Å². The molecule has 3 aromatic rings. The third-order valence-corrected chi connectivity index (χ3v) is 5.61. The van der Waals surface area contributed by atoms with E-state index in [9.17, 15) is 13.6 Å². The highest BCUT2D eigenvalue weighted by molar-refractivity contribution is 5.94. The standard InChI is InChI=1S/C22H25F2N5O2/c1-14(2)20(25-22(30)15-7-11-31-13-15)21-27-26-19-6-8-28(9-10-29(19)21)12-16-17(23)4-3-5-18(16)24/h3-5,7,11,13-14,20H,6,8-10,12H2,1-2H3,(H,25,30)/t20-/m1/s1. The number of carbonyl (C=O) groups excluding carboxylic acids is 1. The summed E-state index contributed by atoms with van der Waals surface area (Å²) in [6.45, 7) is 5.97. The fourth-order valence-corrected chi connectivity index (χ4v) is 3.83. The second kappa shape index (κ2) is 8.97. The van der Waals surface area contributed by atoms with Crippen LogP contribution >= 0.6 is 0 Å². The van der Waals surface area contributed by atoms with Crippen LogP contribution in [-0.2, 0) is 19.5 Å². The summed E-state index contributed by atoms with van der Waals surface area (Å²) in [6.07, 6.45) is 3.45. The van der Waals surface area contributed by atoms with Gasteiger partial charge in [-0.3, -0.25) is 9.69 Å². The molecule has 0 radical (unpaired) electrons. The first kappa shape index (κ1) is 21.2. The molecular formula is C22H25F2N5O2. The van der Waals surface area contributed by atoms with Crippen molar-refractivity contribution in [1.82, 2.24) is 25.0 Å². The Balaban J connectivity index is 1.50. The van der Waals surface area contributed by atoms with Crippen molar-refractivity contribution in [2.45, 2.75) is 39.4 Å². The zero-order chi connectivity index (χ0) is 22.0. The van der Waals surface area contributed by atoms with Crippen molar-refractivity contribution in [2.75, 3.05) is 13.1 Å². The van der Waals surface area contributed by atoms with E-state index in [-0.39, 0.29) is 30.0 Å². The largest absolute Gasteiger partial charge is 0.472 e. The molecule has 1 atom stereocenters. The molecule has 7 nitrogen and oxygen atoms in total. The Hall–Kier alpha value is -3.07. The Labute approximate surface area is 179 Å². The molecule has 0 spiro atoms. The molecule has 1 amide bonds. The molecule has 1 aliphatic heterocycles. The minimum Gasteiger partial charge on any atom is -0.472 e. The number of nitrogens with one attached hydrogen (secondary N) is 1. The van der Waals surface area contributed by atoms with E-state index in [4.69, 9.17) is 4.42 Å². The number of hydrogen-bond acceptors (Lipinski definition) is 5. The third kappa shape index (κ3) is 4.51. The fourth-order valence-electron chi connectivity index (χ4n) is 3.83. The molecule has 1 N–H and O–H groups in total. The first-order valence-corrected chi connectivity index (χ1v) is 10.3. The van der Waals surface area contributed by atoms with E-state index in [0.29, 0.717) is 37.4 Å². The van der Waals surface area contributed by atoms with Gasteiger partial charge in [-0.1, -0.05) is 19.9 Å². The lowest BCUT2D eigenvalue weighted by atomic mass is 10.0. The predicted molar refractivity (Wildman–Crippen MR) is 109 cm³/mol. The topological polar surface area (TPSA) is 76.2 Å². The molecule has 1 aliphatic rings. The number of fused-ring (bicyclic) bond motifs is 1. The first-order valence-electron chi connectivity index (χ1n) is 10.3. The van der Waals surface area contributed by atoms with E-state index in [0.717, 1.165) is 5.82 Å². The van der Waals surface area contributed by atoms with Crippen molar-refractivity contribution in [3.05, 3.63) is 71.2 Å². The zero-order valence-electron chi connectivity index (χ0n) is 17.5. The van der Waals surface area contributed by atoms with E-state index in [1.165, 1.54) is 30.7 Å². The van der Waals surface area contributed by atoms with Crippen molar-refractivity contribution in [1.29, 1.82) is 0 Å². The van der Waals surface area contributed by atoms with Crippen LogP contribution in [0.1, 0.15) is 47.5 Å². The molecule has 0 fully saturated rings. The molecule has 9 heteroatoms. The minimum absolute atomic E-state index is 0.0767. The van der Waals surface area contributed by atoms with Crippen LogP contribution in [0.4, 0.5) is 8.78 Å². The Kier molecular flexibility index (Phi) is 6.13. The second-order valence-electron chi connectivity index (χ2n) is 8.06. The summed E-state index contributed by atoms with van der Waals surface area (Å²) in [5.74, 6) is 0.249. The maximum Gasteiger partial charge on any atom is 0.255 e. The maximum atomic E-state index is 14.1. The van der Waals surface area contributed by atoms with Gasteiger partial charge in [0, 0.05) is 38.2 Å². The number of halogens is 2. The molecule has 0 saturated heterocycles. The van der Waals surface area contributed by atoms with Crippen molar-refractivity contribution in [3.8, 4) is 0 Å². The van der Waals surface area contributed by atoms with Crippen molar-refractivity contribution in [2.24, 2.45) is 5.92 Å². The highest BCUT2D eigenvalue weighted by atomic mass is 19.1. The second-order valence-corrected chi connectivity index (χ2v) is 8.06. The molecule has 0 bridgehead atoms. The molecule has 0 unspecified atom stereocenters. The number of carbonyl (C=O) groups is 1. The van der Waals surface area contributed by atoms with Crippen LogP contribution in [0.5, 0.6) is 0 Å². The summed E-state index contributed by atoms with van der Waals surface area (Å²) in [6, 6.07) is 5.20. The van der Waals surface area contributed by atoms with E-state index < -0.39 is 11.6 Å².